The number of aliphatic imine (C=N–C) groups is 1. The molecular weight excluding hydrogens is 427 g/mol. The Hall–Kier alpha value is -0.860. The Morgan fingerprint density at radius 2 is 1.96 bits per heavy atom. The van der Waals surface area contributed by atoms with Gasteiger partial charge < -0.3 is 14.8 Å². The second-order valence-corrected chi connectivity index (χ2v) is 7.69. The number of hydrogen-bond donors (Lipinski definition) is 1. The average molecular weight is 458 g/mol. The molecule has 140 valence electrons. The quantitative estimate of drug-likeness (QED) is 0.430. The third-order valence-electron chi connectivity index (χ3n) is 6.04. The van der Waals surface area contributed by atoms with Gasteiger partial charge in [-0.3, -0.25) is 0 Å². The first kappa shape index (κ1) is 18.9. The van der Waals surface area contributed by atoms with Crippen molar-refractivity contribution in [3.05, 3.63) is 11.6 Å². The maximum Gasteiger partial charge on any atom is 0.194 e. The van der Waals surface area contributed by atoms with Crippen LogP contribution in [0.15, 0.2) is 4.99 Å². The summed E-state index contributed by atoms with van der Waals surface area (Å²) in [6, 6.07) is 0. The standard InChI is InChI=1S/C18H30N6.HI/c1-2-19-17(20-13-16-22-21-15-7-6-11-24(15)16)23-12-10-18(14-23)8-4-3-5-9-18;/h2-14H2,1H3,(H,19,20);1H. The third-order valence-corrected chi connectivity index (χ3v) is 6.04. The Balaban J connectivity index is 0.00000182. The lowest BCUT2D eigenvalue weighted by molar-refractivity contribution is 0.203. The molecule has 4 rings (SSSR count). The molecule has 0 unspecified atom stereocenters. The smallest absolute Gasteiger partial charge is 0.194 e. The molecule has 0 aromatic carbocycles. The van der Waals surface area contributed by atoms with E-state index in [0.29, 0.717) is 12.0 Å². The number of nitrogens with zero attached hydrogens (tertiary/aromatic N) is 5. The normalized spacial score (nSPS) is 22.1. The lowest BCUT2D eigenvalue weighted by Gasteiger charge is -2.33. The second kappa shape index (κ2) is 8.22. The van der Waals surface area contributed by atoms with E-state index in [1.54, 1.807) is 0 Å². The number of aryl methyl sites for hydroxylation is 1. The van der Waals surface area contributed by atoms with Crippen molar-refractivity contribution in [1.29, 1.82) is 0 Å². The molecule has 3 heterocycles. The summed E-state index contributed by atoms with van der Waals surface area (Å²) in [7, 11) is 0. The minimum absolute atomic E-state index is 0. The summed E-state index contributed by atoms with van der Waals surface area (Å²) >= 11 is 0. The Morgan fingerprint density at radius 1 is 1.12 bits per heavy atom. The predicted molar refractivity (Wildman–Crippen MR) is 110 cm³/mol. The number of rotatable bonds is 3. The molecule has 1 aliphatic carbocycles. The summed E-state index contributed by atoms with van der Waals surface area (Å²) in [6.45, 7) is 7.08. The highest BCUT2D eigenvalue weighted by molar-refractivity contribution is 14.0. The fraction of sp³-hybridized carbons (Fsp3) is 0.833. The van der Waals surface area contributed by atoms with E-state index in [-0.39, 0.29) is 24.0 Å². The highest BCUT2D eigenvalue weighted by Gasteiger charge is 2.39. The molecule has 2 aliphatic heterocycles. The van der Waals surface area contributed by atoms with Gasteiger partial charge >= 0.3 is 0 Å². The summed E-state index contributed by atoms with van der Waals surface area (Å²) in [5.74, 6) is 3.22. The van der Waals surface area contributed by atoms with Gasteiger partial charge in [-0.05, 0) is 38.0 Å². The fourth-order valence-electron chi connectivity index (χ4n) is 4.72. The van der Waals surface area contributed by atoms with Gasteiger partial charge in [-0.25, -0.2) is 4.99 Å². The number of guanidine groups is 1. The molecule has 6 nitrogen and oxygen atoms in total. The number of likely N-dealkylation sites (tertiary alicyclic amines) is 1. The van der Waals surface area contributed by atoms with Crippen LogP contribution in [-0.2, 0) is 19.5 Å². The zero-order valence-corrected chi connectivity index (χ0v) is 17.7. The van der Waals surface area contributed by atoms with Crippen LogP contribution < -0.4 is 5.32 Å². The van der Waals surface area contributed by atoms with Crippen molar-refractivity contribution in [1.82, 2.24) is 25.0 Å². The largest absolute Gasteiger partial charge is 0.357 e. The van der Waals surface area contributed by atoms with Crippen LogP contribution in [0.5, 0.6) is 0 Å². The van der Waals surface area contributed by atoms with E-state index in [0.717, 1.165) is 43.7 Å². The first-order chi connectivity index (χ1) is 11.8. The molecule has 7 heteroatoms. The van der Waals surface area contributed by atoms with Crippen LogP contribution in [0.4, 0.5) is 0 Å². The van der Waals surface area contributed by atoms with E-state index < -0.39 is 0 Å². The summed E-state index contributed by atoms with van der Waals surface area (Å²) < 4.78 is 2.25. The van der Waals surface area contributed by atoms with Crippen LogP contribution in [0.3, 0.4) is 0 Å². The van der Waals surface area contributed by atoms with Gasteiger partial charge in [0.25, 0.3) is 0 Å². The number of halogens is 1. The van der Waals surface area contributed by atoms with Gasteiger partial charge in [-0.1, -0.05) is 19.3 Å². The second-order valence-electron chi connectivity index (χ2n) is 7.69. The van der Waals surface area contributed by atoms with E-state index >= 15 is 0 Å². The molecular formula is C18H31IN6. The Labute approximate surface area is 167 Å². The van der Waals surface area contributed by atoms with Gasteiger partial charge in [0.2, 0.25) is 0 Å². The van der Waals surface area contributed by atoms with Crippen molar-refractivity contribution in [2.45, 2.75) is 71.4 Å². The van der Waals surface area contributed by atoms with E-state index in [2.05, 4.69) is 31.9 Å². The summed E-state index contributed by atoms with van der Waals surface area (Å²) in [5, 5.41) is 12.1. The lowest BCUT2D eigenvalue weighted by atomic mass is 9.73. The first-order valence-corrected chi connectivity index (χ1v) is 9.74. The Morgan fingerprint density at radius 3 is 2.76 bits per heavy atom. The maximum absolute atomic E-state index is 4.90. The monoisotopic (exact) mass is 458 g/mol. The summed E-state index contributed by atoms with van der Waals surface area (Å²) in [5.41, 5.74) is 0.560. The minimum atomic E-state index is 0. The lowest BCUT2D eigenvalue weighted by Crippen LogP contribution is -2.41. The van der Waals surface area contributed by atoms with Crippen molar-refractivity contribution in [2.24, 2.45) is 10.4 Å². The van der Waals surface area contributed by atoms with Crippen molar-refractivity contribution in [3.63, 3.8) is 0 Å². The Kier molecular flexibility index (Phi) is 6.22. The highest BCUT2D eigenvalue weighted by atomic mass is 127. The van der Waals surface area contributed by atoms with Gasteiger partial charge in [0.15, 0.2) is 11.8 Å². The van der Waals surface area contributed by atoms with Crippen molar-refractivity contribution in [2.75, 3.05) is 19.6 Å². The SMILES string of the molecule is CCNC(=NCc1nnc2n1CCC2)N1CCC2(CCCCC2)C1.I. The molecule has 0 amide bonds. The molecule has 25 heavy (non-hydrogen) atoms. The van der Waals surface area contributed by atoms with E-state index in [4.69, 9.17) is 4.99 Å². The van der Waals surface area contributed by atoms with Gasteiger partial charge in [0.05, 0.1) is 0 Å². The zero-order valence-electron chi connectivity index (χ0n) is 15.3. The molecule has 1 saturated carbocycles. The fourth-order valence-corrected chi connectivity index (χ4v) is 4.72. The van der Waals surface area contributed by atoms with Crippen molar-refractivity contribution < 1.29 is 0 Å². The topological polar surface area (TPSA) is 58.3 Å². The van der Waals surface area contributed by atoms with Crippen LogP contribution in [0.1, 0.15) is 63.5 Å². The highest BCUT2D eigenvalue weighted by Crippen LogP contribution is 2.43. The van der Waals surface area contributed by atoms with E-state index in [1.807, 2.05) is 0 Å². The van der Waals surface area contributed by atoms with Crippen LogP contribution in [0.2, 0.25) is 0 Å². The molecule has 2 fully saturated rings. The molecule has 0 atom stereocenters. The molecule has 1 saturated heterocycles. The number of hydrogen-bond acceptors (Lipinski definition) is 3. The van der Waals surface area contributed by atoms with Crippen molar-refractivity contribution >= 4 is 29.9 Å². The maximum atomic E-state index is 4.90. The van der Waals surface area contributed by atoms with E-state index in [1.165, 1.54) is 51.5 Å². The number of aromatic nitrogens is 3. The Bertz CT molecular complexity index is 605. The van der Waals surface area contributed by atoms with Gasteiger partial charge in [0.1, 0.15) is 12.4 Å². The van der Waals surface area contributed by atoms with Crippen LogP contribution in [0, 0.1) is 5.41 Å². The molecule has 3 aliphatic rings. The summed E-state index contributed by atoms with van der Waals surface area (Å²) in [6.07, 6.45) is 10.6. The van der Waals surface area contributed by atoms with Crippen molar-refractivity contribution in [3.8, 4) is 0 Å². The van der Waals surface area contributed by atoms with Gasteiger partial charge in [-0.2, -0.15) is 0 Å². The van der Waals surface area contributed by atoms with Crippen LogP contribution in [0.25, 0.3) is 0 Å². The molecule has 1 aromatic heterocycles. The first-order valence-electron chi connectivity index (χ1n) is 9.74. The van der Waals surface area contributed by atoms with Gasteiger partial charge in [-0.15, -0.1) is 34.2 Å². The average Bonchev–Trinajstić information content (AvgIpc) is 3.29. The molecule has 0 radical (unpaired) electrons. The minimum Gasteiger partial charge on any atom is -0.357 e. The molecule has 0 bridgehead atoms. The number of nitrogens with one attached hydrogen (secondary N) is 1. The van der Waals surface area contributed by atoms with Crippen LogP contribution >= 0.6 is 24.0 Å². The van der Waals surface area contributed by atoms with Crippen LogP contribution in [-0.4, -0.2) is 45.3 Å². The summed E-state index contributed by atoms with van der Waals surface area (Å²) in [4.78, 5) is 7.38. The van der Waals surface area contributed by atoms with E-state index in [9.17, 15) is 0 Å². The third kappa shape index (κ3) is 3.95. The number of fused-ring (bicyclic) bond motifs is 1. The molecule has 1 spiro atoms. The molecule has 1 N–H and O–H groups in total. The predicted octanol–water partition coefficient (Wildman–Crippen LogP) is 2.96. The molecule has 1 aromatic rings. The zero-order chi connectivity index (χ0) is 16.4. The van der Waals surface area contributed by atoms with Gasteiger partial charge in [0, 0.05) is 32.6 Å².